The van der Waals surface area contributed by atoms with Crippen LogP contribution >= 0.6 is 0 Å². The van der Waals surface area contributed by atoms with Gasteiger partial charge in [0.1, 0.15) is 0 Å². The van der Waals surface area contributed by atoms with Crippen LogP contribution in [0.1, 0.15) is 111 Å². The number of allylic oxidation sites excluding steroid dienone is 4. The fraction of sp³-hybridized carbons (Fsp3) is 0.194. The third kappa shape index (κ3) is 12.0. The molecule has 9 aromatic rings. The van der Waals surface area contributed by atoms with Crippen molar-refractivity contribution < 1.29 is 57.7 Å². The molecular weight excluding hydrogens is 1050 g/mol. The Morgan fingerprint density at radius 1 is 0.325 bits per heavy atom. The summed E-state index contributed by atoms with van der Waals surface area (Å²) in [5.74, 6) is 0. The van der Waals surface area contributed by atoms with Gasteiger partial charge in [0, 0.05) is 0 Å². The van der Waals surface area contributed by atoms with Crippen molar-refractivity contribution in [3.63, 3.8) is 0 Å². The predicted octanol–water partition coefficient (Wildman–Crippen LogP) is 6.57. The average Bonchev–Trinajstić information content (AvgIpc) is 3.56. The molecule has 0 N–H and O–H groups in total. The minimum Gasteiger partial charge on any atom is -1.00 e. The Morgan fingerprint density at radius 2 is 0.558 bits per heavy atom. The second kappa shape index (κ2) is 25.8. The molecule has 0 aliphatic heterocycles. The monoisotopic (exact) mass is 1110 g/mol. The minimum atomic E-state index is -3.58. The van der Waals surface area contributed by atoms with Gasteiger partial charge in [0.2, 0.25) is 0 Å². The van der Waals surface area contributed by atoms with Crippen molar-refractivity contribution in [3.8, 4) is 0 Å². The molecule has 5 heteroatoms. The van der Waals surface area contributed by atoms with Crippen molar-refractivity contribution in [2.75, 3.05) is 0 Å². The van der Waals surface area contributed by atoms with E-state index in [1.54, 1.807) is 15.6 Å². The first-order valence-electron chi connectivity index (χ1n) is 26.7. The molecule has 1 aliphatic rings. The van der Waals surface area contributed by atoms with E-state index in [0.717, 1.165) is 38.5 Å². The number of hydrogen-bond acceptors (Lipinski definition) is 0. The molecule has 386 valence electrons. The van der Waals surface area contributed by atoms with Crippen LogP contribution in [0.2, 0.25) is 5.04 Å². The van der Waals surface area contributed by atoms with Gasteiger partial charge < -0.3 is 37.2 Å². The SMILES string of the molecule is CC1=C(C)C(C)([Si](c2cc(C)cc(Cc3ccccc3)c2Cc2ccccc2)(c2cc(C)cc(Cc3ccccc3)c2Cc2ccccc2)c2cc(C)cc(Cc3ccccc3)c2Cc2ccccc2)[C]([Ti+3])=C1C.[Cl-].[Cl-].[Cl-]. The van der Waals surface area contributed by atoms with Crippen LogP contribution in [-0.2, 0) is 59.0 Å². The Hall–Kier alpha value is -5.74. The van der Waals surface area contributed by atoms with Gasteiger partial charge in [-0.05, 0) is 0 Å². The van der Waals surface area contributed by atoms with E-state index in [9.17, 15) is 0 Å². The van der Waals surface area contributed by atoms with E-state index < -0.39 is 13.1 Å². The maximum atomic E-state index is 2.71. The Balaban J connectivity index is 0.00000287. The molecule has 0 spiro atoms. The number of hydrogen-bond donors (Lipinski definition) is 0. The van der Waals surface area contributed by atoms with Gasteiger partial charge in [-0.1, -0.05) is 0 Å². The number of aryl methyl sites for hydroxylation is 3. The topological polar surface area (TPSA) is 0 Å². The molecule has 77 heavy (non-hydrogen) atoms. The van der Waals surface area contributed by atoms with E-state index >= 15 is 0 Å². The molecule has 0 amide bonds. The Morgan fingerprint density at radius 3 is 0.779 bits per heavy atom. The van der Waals surface area contributed by atoms with Crippen molar-refractivity contribution >= 4 is 23.6 Å². The van der Waals surface area contributed by atoms with E-state index in [4.69, 9.17) is 0 Å². The van der Waals surface area contributed by atoms with Gasteiger partial charge in [-0.3, -0.25) is 0 Å². The molecule has 0 saturated heterocycles. The largest absolute Gasteiger partial charge is 1.00 e. The summed E-state index contributed by atoms with van der Waals surface area (Å²) in [6.45, 7) is 17.2. The first-order chi connectivity index (χ1) is 35.9. The van der Waals surface area contributed by atoms with Crippen LogP contribution < -0.4 is 52.8 Å². The molecule has 0 radical (unpaired) electrons. The Labute approximate surface area is 491 Å². The summed E-state index contributed by atoms with van der Waals surface area (Å²) in [5.41, 5.74) is 25.1. The molecule has 0 heterocycles. The zero-order valence-electron chi connectivity index (χ0n) is 45.7. The summed E-state index contributed by atoms with van der Waals surface area (Å²) < 4.78 is 1.50. The number of halogens is 3. The van der Waals surface area contributed by atoms with Gasteiger partial charge in [-0.15, -0.1) is 0 Å². The van der Waals surface area contributed by atoms with E-state index in [2.05, 4.69) is 287 Å². The van der Waals surface area contributed by atoms with Crippen molar-refractivity contribution in [2.24, 2.45) is 0 Å². The van der Waals surface area contributed by atoms with E-state index in [-0.39, 0.29) is 37.2 Å². The fourth-order valence-corrected chi connectivity index (χ4v) is 21.4. The van der Waals surface area contributed by atoms with E-state index in [1.165, 1.54) is 104 Å². The van der Waals surface area contributed by atoms with Crippen molar-refractivity contribution in [2.45, 2.75) is 92.0 Å². The van der Waals surface area contributed by atoms with E-state index in [1.807, 2.05) is 0 Å². The molecule has 0 aromatic heterocycles. The molecule has 1 aliphatic carbocycles. The average molecular weight is 1120 g/mol. The minimum absolute atomic E-state index is 0. The van der Waals surface area contributed by atoms with Crippen LogP contribution in [0.25, 0.3) is 0 Å². The zero-order chi connectivity index (χ0) is 51.4. The Kier molecular flexibility index (Phi) is 19.8. The van der Waals surface area contributed by atoms with Crippen molar-refractivity contribution in [1.82, 2.24) is 0 Å². The summed E-state index contributed by atoms with van der Waals surface area (Å²) in [5, 5.41) is 4.25. The number of benzene rings is 9. The summed E-state index contributed by atoms with van der Waals surface area (Å²) in [6.07, 6.45) is 5.07. The molecule has 10 rings (SSSR count). The van der Waals surface area contributed by atoms with Crippen LogP contribution in [0.15, 0.2) is 239 Å². The van der Waals surface area contributed by atoms with Crippen LogP contribution in [0, 0.1) is 20.8 Å². The van der Waals surface area contributed by atoms with E-state index in [0.29, 0.717) is 0 Å². The second-order valence-corrected chi connectivity index (χ2v) is 26.3. The van der Waals surface area contributed by atoms with Gasteiger partial charge in [0.15, 0.2) is 0 Å². The third-order valence-electron chi connectivity index (χ3n) is 16.6. The molecule has 0 nitrogen and oxygen atoms in total. The summed E-state index contributed by atoms with van der Waals surface area (Å²) in [7, 11) is -3.58. The predicted molar refractivity (Wildman–Crippen MR) is 313 cm³/mol. The van der Waals surface area contributed by atoms with Crippen LogP contribution in [0.4, 0.5) is 0 Å². The standard InChI is InChI=1S/C72H69Si.3ClH.Ti/c1-51-38-63(44-57-26-14-8-15-27-57)66(47-60-32-20-11-21-33-60)69(41-51)73(72(7)50-54(4)55(5)56(72)6,70-42-52(2)39-64(45-58-28-16-9-17-29-58)67(70)48-61-34-22-12-23-35-61)71-43-53(3)40-65(46-59-30-18-10-19-31-59)68(71)49-62-36-24-13-25-37-62;;;;/h8-43H,44-49H2,1-7H3;3*1H;/q;;;;+3/p-3. The third-order valence-corrected chi connectivity index (χ3v) is 24.2. The first-order valence-corrected chi connectivity index (χ1v) is 29.5. The molecule has 9 aromatic carbocycles. The van der Waals surface area contributed by atoms with Crippen molar-refractivity contribution in [1.29, 1.82) is 0 Å². The summed E-state index contributed by atoms with van der Waals surface area (Å²) in [6, 6.07) is 83.5. The van der Waals surface area contributed by atoms with Gasteiger partial charge in [-0.25, -0.2) is 0 Å². The maximum Gasteiger partial charge on any atom is -1.00 e. The fourth-order valence-electron chi connectivity index (χ4n) is 12.7. The smallest absolute Gasteiger partial charge is 1.00 e. The second-order valence-electron chi connectivity index (χ2n) is 21.4. The first kappa shape index (κ1) is 58.9. The molecule has 1 unspecified atom stereocenters. The quantitative estimate of drug-likeness (QED) is 0.0760. The van der Waals surface area contributed by atoms with Gasteiger partial charge in [0.25, 0.3) is 0 Å². The van der Waals surface area contributed by atoms with Crippen LogP contribution in [0.3, 0.4) is 0 Å². The Bertz CT molecular complexity index is 3150. The molecule has 1 atom stereocenters. The zero-order valence-corrected chi connectivity index (χ0v) is 50.5. The summed E-state index contributed by atoms with van der Waals surface area (Å²) in [4.78, 5) is 0. The maximum absolute atomic E-state index is 3.58. The molecule has 0 saturated carbocycles. The van der Waals surface area contributed by atoms with Crippen molar-refractivity contribution in [3.05, 3.63) is 322 Å². The summed E-state index contributed by atoms with van der Waals surface area (Å²) >= 11 is 2.52. The molecule has 0 fully saturated rings. The molecule has 0 bridgehead atoms. The van der Waals surface area contributed by atoms with Gasteiger partial charge in [0.05, 0.1) is 0 Å². The molecular formula is C72H69Cl3SiTi. The van der Waals surface area contributed by atoms with Gasteiger partial charge >= 0.3 is 459 Å². The normalized spacial score (nSPS) is 14.2. The van der Waals surface area contributed by atoms with Gasteiger partial charge in [-0.2, -0.15) is 0 Å². The van der Waals surface area contributed by atoms with Crippen LogP contribution in [0.5, 0.6) is 0 Å². The number of rotatable bonds is 16. The van der Waals surface area contributed by atoms with Crippen LogP contribution in [-0.4, -0.2) is 8.07 Å².